The van der Waals surface area contributed by atoms with Crippen LogP contribution in [-0.2, 0) is 11.3 Å². The molecule has 0 aliphatic heterocycles. The Kier molecular flexibility index (Phi) is 4.25. The number of rotatable bonds is 4. The van der Waals surface area contributed by atoms with Crippen LogP contribution in [0.2, 0.25) is 0 Å². The number of carbonyl (C=O) groups excluding carboxylic acids is 1. The molecule has 1 heterocycles. The van der Waals surface area contributed by atoms with E-state index in [9.17, 15) is 4.79 Å². The Bertz CT molecular complexity index is 365. The van der Waals surface area contributed by atoms with Crippen LogP contribution in [0.5, 0.6) is 0 Å². The molecule has 1 aromatic rings. The minimum Gasteiger partial charge on any atom is -0.350 e. The first kappa shape index (κ1) is 12.4. The monoisotopic (exact) mass is 222 g/mol. The summed E-state index contributed by atoms with van der Waals surface area (Å²) in [6, 6.07) is 5.62. The molecule has 0 saturated heterocycles. The summed E-state index contributed by atoms with van der Waals surface area (Å²) < 4.78 is 0. The van der Waals surface area contributed by atoms with Gasteiger partial charge in [0.05, 0.1) is 12.2 Å². The van der Waals surface area contributed by atoms with Gasteiger partial charge in [-0.3, -0.25) is 4.79 Å². The van der Waals surface area contributed by atoms with Gasteiger partial charge in [0.1, 0.15) is 5.82 Å². The Morgan fingerprint density at radius 2 is 2.06 bits per heavy atom. The SMILES string of the molecule is CN(C)C(=O)CN(C)c1cccc(CN)n1. The predicted molar refractivity (Wildman–Crippen MR) is 64.1 cm³/mol. The third kappa shape index (κ3) is 3.20. The fraction of sp³-hybridized carbons (Fsp3) is 0.455. The number of nitrogens with zero attached hydrogens (tertiary/aromatic N) is 3. The Hall–Kier alpha value is -1.62. The molecule has 0 bridgehead atoms. The number of aromatic nitrogens is 1. The number of hydrogen-bond acceptors (Lipinski definition) is 4. The van der Waals surface area contributed by atoms with Crippen LogP contribution >= 0.6 is 0 Å². The lowest BCUT2D eigenvalue weighted by Crippen LogP contribution is -2.34. The molecule has 1 aromatic heterocycles. The predicted octanol–water partition coefficient (Wildman–Crippen LogP) is 0.0647. The first-order chi connectivity index (χ1) is 7.54. The van der Waals surface area contributed by atoms with E-state index in [0.29, 0.717) is 13.1 Å². The normalized spacial score (nSPS) is 10.0. The Morgan fingerprint density at radius 3 is 2.62 bits per heavy atom. The molecule has 5 nitrogen and oxygen atoms in total. The smallest absolute Gasteiger partial charge is 0.241 e. The maximum Gasteiger partial charge on any atom is 0.241 e. The van der Waals surface area contributed by atoms with Crippen molar-refractivity contribution in [2.75, 3.05) is 32.6 Å². The van der Waals surface area contributed by atoms with Gasteiger partial charge in [-0.25, -0.2) is 4.98 Å². The van der Waals surface area contributed by atoms with E-state index in [1.54, 1.807) is 19.0 Å². The van der Waals surface area contributed by atoms with E-state index in [1.165, 1.54) is 0 Å². The molecule has 0 aliphatic rings. The van der Waals surface area contributed by atoms with Gasteiger partial charge in [-0.05, 0) is 12.1 Å². The zero-order valence-corrected chi connectivity index (χ0v) is 9.97. The average molecular weight is 222 g/mol. The molecule has 0 aliphatic carbocycles. The zero-order valence-electron chi connectivity index (χ0n) is 9.97. The summed E-state index contributed by atoms with van der Waals surface area (Å²) in [6.45, 7) is 0.720. The van der Waals surface area contributed by atoms with Gasteiger partial charge in [-0.1, -0.05) is 6.07 Å². The molecule has 0 saturated carbocycles. The fourth-order valence-electron chi connectivity index (χ4n) is 1.22. The van der Waals surface area contributed by atoms with Crippen molar-refractivity contribution in [1.29, 1.82) is 0 Å². The molecular formula is C11H18N4O. The number of carbonyl (C=O) groups is 1. The molecule has 2 N–H and O–H groups in total. The van der Waals surface area contributed by atoms with Gasteiger partial charge in [-0.15, -0.1) is 0 Å². The van der Waals surface area contributed by atoms with Crippen LogP contribution in [-0.4, -0.2) is 43.5 Å². The molecule has 0 aromatic carbocycles. The van der Waals surface area contributed by atoms with Crippen LogP contribution in [0.1, 0.15) is 5.69 Å². The van der Waals surface area contributed by atoms with Crippen molar-refractivity contribution in [2.24, 2.45) is 5.73 Å². The Balaban J connectivity index is 2.72. The molecule has 16 heavy (non-hydrogen) atoms. The Labute approximate surface area is 95.9 Å². The van der Waals surface area contributed by atoms with Crippen molar-refractivity contribution in [1.82, 2.24) is 9.88 Å². The standard InChI is InChI=1S/C11H18N4O/c1-14(2)11(16)8-15(3)10-6-4-5-9(7-12)13-10/h4-6H,7-8,12H2,1-3H3. The minimum atomic E-state index is 0.0439. The first-order valence-electron chi connectivity index (χ1n) is 5.12. The van der Waals surface area contributed by atoms with Crippen molar-refractivity contribution >= 4 is 11.7 Å². The number of anilines is 1. The summed E-state index contributed by atoms with van der Waals surface area (Å²) in [5.74, 6) is 0.806. The van der Waals surface area contributed by atoms with Gasteiger partial charge in [0, 0.05) is 27.7 Å². The summed E-state index contributed by atoms with van der Waals surface area (Å²) in [4.78, 5) is 19.2. The van der Waals surface area contributed by atoms with Crippen molar-refractivity contribution in [3.8, 4) is 0 Å². The lowest BCUT2D eigenvalue weighted by Gasteiger charge is -2.20. The highest BCUT2D eigenvalue weighted by Crippen LogP contribution is 2.09. The van der Waals surface area contributed by atoms with E-state index in [1.807, 2.05) is 30.1 Å². The second-order valence-corrected chi connectivity index (χ2v) is 3.84. The van der Waals surface area contributed by atoms with Crippen LogP contribution in [0.4, 0.5) is 5.82 Å². The van der Waals surface area contributed by atoms with E-state index in [2.05, 4.69) is 4.98 Å². The van der Waals surface area contributed by atoms with Crippen LogP contribution in [0.15, 0.2) is 18.2 Å². The van der Waals surface area contributed by atoms with Crippen molar-refractivity contribution in [3.63, 3.8) is 0 Å². The highest BCUT2D eigenvalue weighted by molar-refractivity contribution is 5.80. The number of likely N-dealkylation sites (N-methyl/N-ethyl adjacent to an activating group) is 2. The first-order valence-corrected chi connectivity index (χ1v) is 5.12. The molecule has 5 heteroatoms. The van der Waals surface area contributed by atoms with Gasteiger partial charge in [0.25, 0.3) is 0 Å². The van der Waals surface area contributed by atoms with E-state index in [-0.39, 0.29) is 5.91 Å². The average Bonchev–Trinajstić information content (AvgIpc) is 2.28. The van der Waals surface area contributed by atoms with Crippen LogP contribution < -0.4 is 10.6 Å². The third-order valence-electron chi connectivity index (χ3n) is 2.26. The molecular weight excluding hydrogens is 204 g/mol. The number of nitrogens with two attached hydrogens (primary N) is 1. The second-order valence-electron chi connectivity index (χ2n) is 3.84. The number of amides is 1. The Morgan fingerprint density at radius 1 is 1.38 bits per heavy atom. The summed E-state index contributed by atoms with van der Waals surface area (Å²) in [6.07, 6.45) is 0. The maximum absolute atomic E-state index is 11.5. The molecule has 1 amide bonds. The number of hydrogen-bond donors (Lipinski definition) is 1. The topological polar surface area (TPSA) is 62.5 Å². The largest absolute Gasteiger partial charge is 0.350 e. The van der Waals surface area contributed by atoms with Gasteiger partial charge in [0.2, 0.25) is 5.91 Å². The maximum atomic E-state index is 11.5. The van der Waals surface area contributed by atoms with E-state index < -0.39 is 0 Å². The van der Waals surface area contributed by atoms with Gasteiger partial charge < -0.3 is 15.5 Å². The minimum absolute atomic E-state index is 0.0439. The molecule has 1 rings (SSSR count). The summed E-state index contributed by atoms with van der Waals surface area (Å²) in [5, 5.41) is 0. The highest BCUT2D eigenvalue weighted by Gasteiger charge is 2.10. The van der Waals surface area contributed by atoms with E-state index in [0.717, 1.165) is 11.5 Å². The van der Waals surface area contributed by atoms with Gasteiger partial charge in [-0.2, -0.15) is 0 Å². The molecule has 0 atom stereocenters. The van der Waals surface area contributed by atoms with E-state index >= 15 is 0 Å². The highest BCUT2D eigenvalue weighted by atomic mass is 16.2. The summed E-state index contributed by atoms with van der Waals surface area (Å²) in [5.41, 5.74) is 6.33. The molecule has 0 unspecified atom stereocenters. The van der Waals surface area contributed by atoms with Crippen molar-refractivity contribution in [3.05, 3.63) is 23.9 Å². The number of pyridine rings is 1. The molecule has 0 fully saturated rings. The lowest BCUT2D eigenvalue weighted by molar-refractivity contribution is -0.127. The third-order valence-corrected chi connectivity index (χ3v) is 2.26. The van der Waals surface area contributed by atoms with Crippen LogP contribution in [0, 0.1) is 0 Å². The van der Waals surface area contributed by atoms with Crippen molar-refractivity contribution in [2.45, 2.75) is 6.54 Å². The second kappa shape index (κ2) is 5.46. The molecule has 88 valence electrons. The molecule has 0 spiro atoms. The van der Waals surface area contributed by atoms with Gasteiger partial charge >= 0.3 is 0 Å². The van der Waals surface area contributed by atoms with E-state index in [4.69, 9.17) is 5.73 Å². The quantitative estimate of drug-likeness (QED) is 0.782. The van der Waals surface area contributed by atoms with Crippen LogP contribution in [0.25, 0.3) is 0 Å². The van der Waals surface area contributed by atoms with Gasteiger partial charge in [0.15, 0.2) is 0 Å². The summed E-state index contributed by atoms with van der Waals surface area (Å²) >= 11 is 0. The fourth-order valence-corrected chi connectivity index (χ4v) is 1.22. The van der Waals surface area contributed by atoms with Crippen LogP contribution in [0.3, 0.4) is 0 Å². The lowest BCUT2D eigenvalue weighted by atomic mass is 10.3. The zero-order chi connectivity index (χ0) is 12.1. The molecule has 0 radical (unpaired) electrons. The van der Waals surface area contributed by atoms with Crippen molar-refractivity contribution < 1.29 is 4.79 Å². The summed E-state index contributed by atoms with van der Waals surface area (Å²) in [7, 11) is 5.31.